The zero-order valence-electron chi connectivity index (χ0n) is 12.7. The molecular weight excluding hydrogens is 271 g/mol. The van der Waals surface area contributed by atoms with E-state index in [-0.39, 0.29) is 11.4 Å². The van der Waals surface area contributed by atoms with E-state index in [0.29, 0.717) is 5.56 Å². The summed E-state index contributed by atoms with van der Waals surface area (Å²) < 4.78 is 13.9. The first kappa shape index (κ1) is 15.1. The Morgan fingerprint density at radius 3 is 2.60 bits per heavy atom. The molecule has 1 N–H and O–H groups in total. The Morgan fingerprint density at radius 2 is 1.95 bits per heavy atom. The van der Waals surface area contributed by atoms with Crippen molar-refractivity contribution in [2.24, 2.45) is 0 Å². The number of aryl methyl sites for hydroxylation is 2. The topological polar surface area (TPSA) is 24.9 Å². The fourth-order valence-electron chi connectivity index (χ4n) is 1.86. The number of nitrogens with zero attached hydrogens (tertiary/aromatic N) is 1. The Balaban J connectivity index is 2.29. The number of hydrogen-bond donors (Lipinski definition) is 1. The number of thiazole rings is 1. The summed E-state index contributed by atoms with van der Waals surface area (Å²) in [6, 6.07) is 5.14. The smallest absolute Gasteiger partial charge is 0.133 e. The highest BCUT2D eigenvalue weighted by molar-refractivity contribution is 7.15. The minimum absolute atomic E-state index is 0.0607. The molecule has 0 bridgehead atoms. The van der Waals surface area contributed by atoms with Crippen molar-refractivity contribution in [1.29, 1.82) is 0 Å². The van der Waals surface area contributed by atoms with Gasteiger partial charge < -0.3 is 5.32 Å². The first-order valence-corrected chi connectivity index (χ1v) is 7.56. The van der Waals surface area contributed by atoms with Crippen LogP contribution in [-0.2, 0) is 6.54 Å². The van der Waals surface area contributed by atoms with Crippen LogP contribution in [-0.4, -0.2) is 10.5 Å². The molecule has 0 saturated heterocycles. The van der Waals surface area contributed by atoms with Crippen molar-refractivity contribution in [3.8, 4) is 10.6 Å². The van der Waals surface area contributed by atoms with E-state index in [1.165, 1.54) is 6.07 Å². The molecule has 1 heterocycles. The first-order chi connectivity index (χ1) is 9.26. The summed E-state index contributed by atoms with van der Waals surface area (Å²) in [5, 5.41) is 4.21. The van der Waals surface area contributed by atoms with E-state index >= 15 is 0 Å². The second-order valence-electron chi connectivity index (χ2n) is 6.11. The van der Waals surface area contributed by atoms with Crippen LogP contribution in [0, 0.1) is 19.7 Å². The highest BCUT2D eigenvalue weighted by atomic mass is 32.1. The molecule has 0 unspecified atom stereocenters. The van der Waals surface area contributed by atoms with Crippen molar-refractivity contribution in [1.82, 2.24) is 10.3 Å². The number of aromatic nitrogens is 1. The van der Waals surface area contributed by atoms with E-state index in [2.05, 4.69) is 31.1 Å². The Kier molecular flexibility index (Phi) is 4.25. The van der Waals surface area contributed by atoms with Gasteiger partial charge in [-0.05, 0) is 46.8 Å². The van der Waals surface area contributed by atoms with Gasteiger partial charge in [0.05, 0.1) is 5.69 Å². The number of hydrogen-bond acceptors (Lipinski definition) is 3. The maximum Gasteiger partial charge on any atom is 0.133 e. The Labute approximate surface area is 124 Å². The van der Waals surface area contributed by atoms with Crippen LogP contribution < -0.4 is 5.32 Å². The lowest BCUT2D eigenvalue weighted by molar-refractivity contribution is 0.425. The normalized spacial score (nSPS) is 11.9. The van der Waals surface area contributed by atoms with Gasteiger partial charge >= 0.3 is 0 Å². The predicted molar refractivity (Wildman–Crippen MR) is 83.6 cm³/mol. The minimum atomic E-state index is -0.209. The van der Waals surface area contributed by atoms with Crippen molar-refractivity contribution < 1.29 is 4.39 Å². The van der Waals surface area contributed by atoms with Crippen LogP contribution in [0.2, 0.25) is 0 Å². The summed E-state index contributed by atoms with van der Waals surface area (Å²) >= 11 is 1.56. The molecule has 2 aromatic rings. The molecule has 1 aromatic heterocycles. The lowest BCUT2D eigenvalue weighted by Crippen LogP contribution is -2.34. The molecule has 0 atom stereocenters. The lowest BCUT2D eigenvalue weighted by Gasteiger charge is -2.19. The van der Waals surface area contributed by atoms with E-state index in [1.807, 2.05) is 19.9 Å². The van der Waals surface area contributed by atoms with Crippen LogP contribution in [0.15, 0.2) is 18.2 Å². The molecule has 0 aliphatic rings. The van der Waals surface area contributed by atoms with Gasteiger partial charge in [0, 0.05) is 22.5 Å². The number of benzene rings is 1. The lowest BCUT2D eigenvalue weighted by atomic mass is 10.1. The van der Waals surface area contributed by atoms with Crippen molar-refractivity contribution in [3.63, 3.8) is 0 Å². The van der Waals surface area contributed by atoms with E-state index < -0.39 is 0 Å². The van der Waals surface area contributed by atoms with Gasteiger partial charge in [0.15, 0.2) is 0 Å². The number of rotatable bonds is 3. The molecule has 0 amide bonds. The quantitative estimate of drug-likeness (QED) is 0.903. The SMILES string of the molecule is Cc1ccc(F)c(-c2nc(C)c(CNC(C)(C)C)s2)c1. The van der Waals surface area contributed by atoms with Crippen molar-refractivity contribution in [2.45, 2.75) is 46.7 Å². The van der Waals surface area contributed by atoms with Crippen LogP contribution >= 0.6 is 11.3 Å². The Hall–Kier alpha value is -1.26. The standard InChI is InChI=1S/C16H21FN2S/c1-10-6-7-13(17)12(8-10)15-19-11(2)14(20-15)9-18-16(3,4)5/h6-8,18H,9H2,1-5H3. The van der Waals surface area contributed by atoms with Crippen molar-refractivity contribution >= 4 is 11.3 Å². The summed E-state index contributed by atoms with van der Waals surface area (Å²) in [6.07, 6.45) is 0. The van der Waals surface area contributed by atoms with Gasteiger partial charge in [0.25, 0.3) is 0 Å². The summed E-state index contributed by atoms with van der Waals surface area (Å²) in [6.45, 7) is 11.1. The highest BCUT2D eigenvalue weighted by Gasteiger charge is 2.15. The van der Waals surface area contributed by atoms with Crippen LogP contribution in [0.5, 0.6) is 0 Å². The third kappa shape index (κ3) is 3.64. The van der Waals surface area contributed by atoms with E-state index in [0.717, 1.165) is 27.7 Å². The van der Waals surface area contributed by atoms with Gasteiger partial charge in [-0.25, -0.2) is 9.37 Å². The molecule has 4 heteroatoms. The van der Waals surface area contributed by atoms with Gasteiger partial charge in [-0.15, -0.1) is 11.3 Å². The summed E-state index contributed by atoms with van der Waals surface area (Å²) in [5.74, 6) is -0.209. The van der Waals surface area contributed by atoms with Crippen molar-refractivity contribution in [3.05, 3.63) is 40.2 Å². The molecule has 0 radical (unpaired) electrons. The fourth-order valence-corrected chi connectivity index (χ4v) is 2.88. The fraction of sp³-hybridized carbons (Fsp3) is 0.438. The molecule has 0 spiro atoms. The molecule has 0 saturated carbocycles. The number of halogens is 1. The summed E-state index contributed by atoms with van der Waals surface area (Å²) in [4.78, 5) is 5.68. The van der Waals surface area contributed by atoms with Crippen LogP contribution in [0.1, 0.15) is 36.9 Å². The van der Waals surface area contributed by atoms with E-state index in [9.17, 15) is 4.39 Å². The van der Waals surface area contributed by atoms with E-state index in [4.69, 9.17) is 0 Å². The molecule has 1 aromatic carbocycles. The molecule has 0 aliphatic heterocycles. The maximum atomic E-state index is 13.9. The van der Waals surface area contributed by atoms with Gasteiger partial charge in [-0.1, -0.05) is 11.6 Å². The third-order valence-electron chi connectivity index (χ3n) is 3.02. The molecular formula is C16H21FN2S. The largest absolute Gasteiger partial charge is 0.307 e. The van der Waals surface area contributed by atoms with Crippen LogP contribution in [0.25, 0.3) is 10.6 Å². The van der Waals surface area contributed by atoms with Crippen LogP contribution in [0.4, 0.5) is 4.39 Å². The molecule has 2 nitrogen and oxygen atoms in total. The predicted octanol–water partition coefficient (Wildman–Crippen LogP) is 4.45. The zero-order valence-corrected chi connectivity index (χ0v) is 13.5. The minimum Gasteiger partial charge on any atom is -0.307 e. The van der Waals surface area contributed by atoms with Crippen molar-refractivity contribution in [2.75, 3.05) is 0 Å². The second-order valence-corrected chi connectivity index (χ2v) is 7.20. The van der Waals surface area contributed by atoms with Gasteiger partial charge in [-0.3, -0.25) is 0 Å². The van der Waals surface area contributed by atoms with Gasteiger partial charge in [0.1, 0.15) is 10.8 Å². The third-order valence-corrected chi connectivity index (χ3v) is 4.21. The van der Waals surface area contributed by atoms with Gasteiger partial charge in [0.2, 0.25) is 0 Å². The summed E-state index contributed by atoms with van der Waals surface area (Å²) in [7, 11) is 0. The molecule has 20 heavy (non-hydrogen) atoms. The Morgan fingerprint density at radius 1 is 1.25 bits per heavy atom. The molecule has 108 valence electrons. The van der Waals surface area contributed by atoms with Gasteiger partial charge in [-0.2, -0.15) is 0 Å². The average molecular weight is 292 g/mol. The molecule has 2 rings (SSSR count). The van der Waals surface area contributed by atoms with Crippen LogP contribution in [0.3, 0.4) is 0 Å². The summed E-state index contributed by atoms with van der Waals surface area (Å²) in [5.41, 5.74) is 2.68. The average Bonchev–Trinajstić information content (AvgIpc) is 2.70. The number of nitrogens with one attached hydrogen (secondary N) is 1. The zero-order chi connectivity index (χ0) is 14.9. The maximum absolute atomic E-state index is 13.9. The van der Waals surface area contributed by atoms with E-state index in [1.54, 1.807) is 17.4 Å². The molecule has 0 fully saturated rings. The first-order valence-electron chi connectivity index (χ1n) is 6.74. The highest BCUT2D eigenvalue weighted by Crippen LogP contribution is 2.30. The monoisotopic (exact) mass is 292 g/mol. The Bertz CT molecular complexity index is 611. The molecule has 0 aliphatic carbocycles. The second kappa shape index (κ2) is 5.62.